The summed E-state index contributed by atoms with van der Waals surface area (Å²) in [5, 5.41) is 9.52. The summed E-state index contributed by atoms with van der Waals surface area (Å²) in [5.41, 5.74) is 15.4. The lowest BCUT2D eigenvalue weighted by molar-refractivity contribution is 0.555. The van der Waals surface area contributed by atoms with Crippen molar-refractivity contribution in [2.24, 2.45) is 0 Å². The quantitative estimate of drug-likeness (QED) is 0.173. The van der Waals surface area contributed by atoms with Gasteiger partial charge in [0.05, 0.1) is 31.9 Å². The molecule has 4 aromatic heterocycles. The van der Waals surface area contributed by atoms with Crippen molar-refractivity contribution in [3.63, 3.8) is 0 Å². The molecule has 6 heteroatoms. The predicted octanol–water partition coefficient (Wildman–Crippen LogP) is 16.1. The van der Waals surface area contributed by atoms with Crippen molar-refractivity contribution in [2.45, 2.75) is 29.1 Å². The molecule has 0 unspecified atom stereocenters. The van der Waals surface area contributed by atoms with Gasteiger partial charge in [-0.25, -0.2) is 8.42 Å². The number of hydrogen-bond donors (Lipinski definition) is 0. The first-order valence-electron chi connectivity index (χ1n) is 22.7. The Bertz CT molecular complexity index is 4210. The first-order valence-corrected chi connectivity index (χ1v) is 25.1. The summed E-state index contributed by atoms with van der Waals surface area (Å²) in [6.45, 7) is 4.33. The molecular formula is C61H40N2O2S2. The van der Waals surface area contributed by atoms with Crippen molar-refractivity contribution in [3.8, 4) is 50.2 Å². The monoisotopic (exact) mass is 896 g/mol. The van der Waals surface area contributed by atoms with Crippen LogP contribution in [0.1, 0.15) is 25.0 Å². The van der Waals surface area contributed by atoms with Crippen LogP contribution in [-0.2, 0) is 15.3 Å². The van der Waals surface area contributed by atoms with Crippen LogP contribution in [0.25, 0.3) is 109 Å². The fraction of sp³-hybridized carbons (Fsp3) is 0.0492. The first kappa shape index (κ1) is 38.5. The standard InChI is InChI=1S/C61H40N2O2S2/c1-61(2)52-35-43(39-16-11-17-40(30-39)44-33-50-46-18-9-10-19-54(46)63-59(50)51(34-44)47-28-29-66-60(47)63)22-26-57(52)67(64,65)58-27-23-45(36-53(58)61)62-55-24-20-41(37-12-5-3-6-13-37)31-48(55)49-32-42(21-25-56(49)62)38-14-7-4-8-15-38/h3-36H,1-2H3. The Labute approximate surface area is 391 Å². The highest BCUT2D eigenvalue weighted by Gasteiger charge is 2.41. The van der Waals surface area contributed by atoms with Gasteiger partial charge < -0.3 is 4.57 Å². The maximum atomic E-state index is 14.7. The molecule has 0 bridgehead atoms. The molecule has 14 rings (SSSR count). The van der Waals surface area contributed by atoms with E-state index in [9.17, 15) is 8.42 Å². The Hall–Kier alpha value is -7.77. The Morgan fingerprint density at radius 3 is 1.61 bits per heavy atom. The molecule has 5 heterocycles. The van der Waals surface area contributed by atoms with E-state index < -0.39 is 15.3 Å². The molecule has 0 saturated heterocycles. The maximum Gasteiger partial charge on any atom is 0.207 e. The van der Waals surface area contributed by atoms with Gasteiger partial charge in [0.25, 0.3) is 0 Å². The van der Waals surface area contributed by atoms with E-state index in [0.717, 1.165) is 83.1 Å². The first-order chi connectivity index (χ1) is 32.7. The Morgan fingerprint density at radius 2 is 0.925 bits per heavy atom. The van der Waals surface area contributed by atoms with Crippen LogP contribution in [0.4, 0.5) is 0 Å². The zero-order valence-electron chi connectivity index (χ0n) is 36.7. The minimum Gasteiger partial charge on any atom is -0.309 e. The molecule has 0 saturated carbocycles. The lowest BCUT2D eigenvalue weighted by Crippen LogP contribution is -2.30. The SMILES string of the molecule is CC1(C)c2cc(-c3cccc(-c4cc5c6ccccc6n6c7sccc7c(c4)c56)c3)ccc2S(=O)(=O)c2ccc(-n3c4ccc(-c5ccccc5)cc4c4cc(-c5ccccc5)ccc43)cc21. The van der Waals surface area contributed by atoms with E-state index in [0.29, 0.717) is 9.79 Å². The molecule has 0 amide bonds. The highest BCUT2D eigenvalue weighted by molar-refractivity contribution is 7.91. The molecule has 13 aromatic rings. The second-order valence-corrected chi connectivity index (χ2v) is 21.3. The van der Waals surface area contributed by atoms with Gasteiger partial charge in [-0.05, 0) is 146 Å². The van der Waals surface area contributed by atoms with Gasteiger partial charge in [0, 0.05) is 43.4 Å². The number of fused-ring (bicyclic) bond motifs is 11. The highest BCUT2D eigenvalue weighted by atomic mass is 32.2. The third-order valence-electron chi connectivity index (χ3n) is 14.5. The van der Waals surface area contributed by atoms with Crippen molar-refractivity contribution in [1.82, 2.24) is 8.97 Å². The summed E-state index contributed by atoms with van der Waals surface area (Å²) in [7, 11) is -3.83. The summed E-state index contributed by atoms with van der Waals surface area (Å²) in [6.07, 6.45) is 0. The number of nitrogens with zero attached hydrogens (tertiary/aromatic N) is 2. The lowest BCUT2D eigenvalue weighted by Gasteiger charge is -2.35. The fourth-order valence-corrected chi connectivity index (χ4v) is 14.1. The summed E-state index contributed by atoms with van der Waals surface area (Å²) in [5.74, 6) is 0. The number of sulfone groups is 1. The predicted molar refractivity (Wildman–Crippen MR) is 279 cm³/mol. The maximum absolute atomic E-state index is 14.7. The largest absolute Gasteiger partial charge is 0.309 e. The molecule has 0 spiro atoms. The van der Waals surface area contributed by atoms with Crippen LogP contribution in [0.3, 0.4) is 0 Å². The molecule has 0 atom stereocenters. The van der Waals surface area contributed by atoms with Crippen molar-refractivity contribution < 1.29 is 8.42 Å². The van der Waals surface area contributed by atoms with E-state index in [1.807, 2.05) is 36.4 Å². The van der Waals surface area contributed by atoms with E-state index in [2.05, 4.69) is 192 Å². The molecule has 0 aliphatic carbocycles. The zero-order valence-corrected chi connectivity index (χ0v) is 38.3. The topological polar surface area (TPSA) is 43.5 Å². The second kappa shape index (κ2) is 13.9. The Balaban J connectivity index is 0.899. The number of thiophene rings is 1. The van der Waals surface area contributed by atoms with Gasteiger partial charge in [0.2, 0.25) is 9.84 Å². The van der Waals surface area contributed by atoms with Crippen molar-refractivity contribution >= 4 is 80.4 Å². The summed E-state index contributed by atoms with van der Waals surface area (Å²) in [6, 6.07) is 70.5. The van der Waals surface area contributed by atoms with Gasteiger partial charge in [0.15, 0.2) is 0 Å². The van der Waals surface area contributed by atoms with E-state index in [1.165, 1.54) is 37.4 Å². The molecule has 1 aliphatic heterocycles. The fourth-order valence-electron chi connectivity index (χ4n) is 11.2. The number of hydrogen-bond acceptors (Lipinski definition) is 3. The average Bonchev–Trinajstić information content (AvgIpc) is 4.14. The normalized spacial score (nSPS) is 14.2. The lowest BCUT2D eigenvalue weighted by atomic mass is 9.76. The number of benzene rings is 9. The summed E-state index contributed by atoms with van der Waals surface area (Å²) >= 11 is 1.79. The Kier molecular flexibility index (Phi) is 7.97. The molecular weight excluding hydrogens is 857 g/mol. The smallest absolute Gasteiger partial charge is 0.207 e. The second-order valence-electron chi connectivity index (χ2n) is 18.5. The van der Waals surface area contributed by atoms with Gasteiger partial charge in [-0.1, -0.05) is 129 Å². The van der Waals surface area contributed by atoms with Gasteiger partial charge in [-0.15, -0.1) is 11.3 Å². The van der Waals surface area contributed by atoms with Crippen LogP contribution in [0, 0.1) is 0 Å². The van der Waals surface area contributed by atoms with Gasteiger partial charge in [-0.2, -0.15) is 0 Å². The molecule has 318 valence electrons. The molecule has 9 aromatic carbocycles. The van der Waals surface area contributed by atoms with E-state index in [4.69, 9.17) is 0 Å². The zero-order chi connectivity index (χ0) is 44.8. The third-order valence-corrected chi connectivity index (χ3v) is 17.3. The van der Waals surface area contributed by atoms with Crippen molar-refractivity contribution in [3.05, 3.63) is 217 Å². The number of aromatic nitrogens is 2. The molecule has 4 nitrogen and oxygen atoms in total. The molecule has 0 N–H and O–H groups in total. The van der Waals surface area contributed by atoms with E-state index in [1.54, 1.807) is 11.3 Å². The van der Waals surface area contributed by atoms with E-state index in [-0.39, 0.29) is 0 Å². The van der Waals surface area contributed by atoms with Gasteiger partial charge in [-0.3, -0.25) is 4.40 Å². The molecule has 0 radical (unpaired) electrons. The molecule has 0 fully saturated rings. The van der Waals surface area contributed by atoms with Crippen molar-refractivity contribution in [2.75, 3.05) is 0 Å². The number of rotatable bonds is 5. The van der Waals surface area contributed by atoms with E-state index >= 15 is 0 Å². The minimum atomic E-state index is -3.83. The minimum absolute atomic E-state index is 0.362. The molecule has 1 aliphatic rings. The van der Waals surface area contributed by atoms with Gasteiger partial charge in [0.1, 0.15) is 4.83 Å². The van der Waals surface area contributed by atoms with Crippen LogP contribution in [0.2, 0.25) is 0 Å². The average molecular weight is 897 g/mol. The van der Waals surface area contributed by atoms with Gasteiger partial charge >= 0.3 is 0 Å². The van der Waals surface area contributed by atoms with Crippen LogP contribution < -0.4 is 0 Å². The van der Waals surface area contributed by atoms with Crippen molar-refractivity contribution in [1.29, 1.82) is 0 Å². The van der Waals surface area contributed by atoms with Crippen LogP contribution >= 0.6 is 11.3 Å². The summed E-state index contributed by atoms with van der Waals surface area (Å²) < 4.78 is 34.2. The van der Waals surface area contributed by atoms with Crippen LogP contribution in [-0.4, -0.2) is 17.4 Å². The highest BCUT2D eigenvalue weighted by Crippen LogP contribution is 2.49. The number of para-hydroxylation sites is 1. The summed E-state index contributed by atoms with van der Waals surface area (Å²) in [4.78, 5) is 2.01. The molecule has 67 heavy (non-hydrogen) atoms. The third kappa shape index (κ3) is 5.48. The Morgan fingerprint density at radius 1 is 0.403 bits per heavy atom. The van der Waals surface area contributed by atoms with Crippen LogP contribution in [0.15, 0.2) is 215 Å². The van der Waals surface area contributed by atoms with Crippen LogP contribution in [0.5, 0.6) is 0 Å².